The van der Waals surface area contributed by atoms with Crippen molar-refractivity contribution in [1.82, 2.24) is 20.0 Å². The van der Waals surface area contributed by atoms with Crippen molar-refractivity contribution < 1.29 is 27.6 Å². The van der Waals surface area contributed by atoms with Gasteiger partial charge in [0.2, 0.25) is 17.7 Å². The lowest BCUT2D eigenvalue weighted by Crippen LogP contribution is -2.51. The number of hydrogen-bond acceptors (Lipinski definition) is 4. The van der Waals surface area contributed by atoms with E-state index in [4.69, 9.17) is 0 Å². The number of rotatable bonds is 7. The number of carbonyl (C=O) groups is 3. The summed E-state index contributed by atoms with van der Waals surface area (Å²) in [5, 5.41) is 2.87. The molecule has 3 amide bonds. The smallest absolute Gasteiger partial charge is 0.351 e. The van der Waals surface area contributed by atoms with Gasteiger partial charge in [0.05, 0.1) is 6.54 Å². The first-order valence-corrected chi connectivity index (χ1v) is 10.4. The fourth-order valence-corrected chi connectivity index (χ4v) is 3.85. The highest BCUT2D eigenvalue weighted by molar-refractivity contribution is 5.79. The third kappa shape index (κ3) is 6.95. The van der Waals surface area contributed by atoms with Gasteiger partial charge < -0.3 is 15.1 Å². The van der Waals surface area contributed by atoms with Crippen LogP contribution in [0.15, 0.2) is 24.3 Å². The second kappa shape index (κ2) is 10.1. The van der Waals surface area contributed by atoms with Gasteiger partial charge in [0.25, 0.3) is 0 Å². The first kappa shape index (κ1) is 23.1. The number of benzene rings is 1. The molecule has 0 aliphatic carbocycles. The van der Waals surface area contributed by atoms with Crippen molar-refractivity contribution in [2.75, 3.05) is 39.3 Å². The van der Waals surface area contributed by atoms with Crippen LogP contribution in [0.4, 0.5) is 13.2 Å². The first-order chi connectivity index (χ1) is 14.7. The van der Waals surface area contributed by atoms with E-state index >= 15 is 0 Å². The van der Waals surface area contributed by atoms with E-state index in [0.29, 0.717) is 32.6 Å². The molecule has 1 aromatic rings. The Hall–Kier alpha value is -2.62. The van der Waals surface area contributed by atoms with Crippen LogP contribution < -0.4 is 5.32 Å². The van der Waals surface area contributed by atoms with E-state index in [9.17, 15) is 27.6 Å². The monoisotopic (exact) mass is 440 g/mol. The third-order valence-electron chi connectivity index (χ3n) is 5.57. The number of likely N-dealkylation sites (tertiary alicyclic amines) is 1. The van der Waals surface area contributed by atoms with Gasteiger partial charge in [0.15, 0.2) is 0 Å². The highest BCUT2D eigenvalue weighted by Crippen LogP contribution is 2.21. The Morgan fingerprint density at radius 1 is 1.00 bits per heavy atom. The molecule has 2 fully saturated rings. The van der Waals surface area contributed by atoms with E-state index < -0.39 is 18.5 Å². The maximum absolute atomic E-state index is 12.4. The summed E-state index contributed by atoms with van der Waals surface area (Å²) in [7, 11) is 0. The number of alkyl halides is 3. The SMILES string of the molecule is O=C(CN1CCN(C(=O)CC(F)(F)F)CC1)NCc1ccccc1CN1CCCC1=O. The third-order valence-corrected chi connectivity index (χ3v) is 5.57. The number of carbonyl (C=O) groups excluding carboxylic acids is 3. The van der Waals surface area contributed by atoms with Crippen LogP contribution in [0.25, 0.3) is 0 Å². The van der Waals surface area contributed by atoms with Gasteiger partial charge in [-0.25, -0.2) is 0 Å². The number of amides is 3. The molecule has 0 unspecified atom stereocenters. The Labute approximate surface area is 179 Å². The van der Waals surface area contributed by atoms with Gasteiger partial charge >= 0.3 is 6.18 Å². The number of halogens is 3. The molecule has 1 N–H and O–H groups in total. The number of piperazine rings is 1. The molecule has 31 heavy (non-hydrogen) atoms. The van der Waals surface area contributed by atoms with Crippen molar-refractivity contribution in [1.29, 1.82) is 0 Å². The molecule has 0 saturated carbocycles. The van der Waals surface area contributed by atoms with Gasteiger partial charge in [0.1, 0.15) is 6.42 Å². The molecule has 7 nitrogen and oxygen atoms in total. The van der Waals surface area contributed by atoms with E-state index in [2.05, 4.69) is 5.32 Å². The summed E-state index contributed by atoms with van der Waals surface area (Å²) in [6.45, 7) is 2.78. The summed E-state index contributed by atoms with van der Waals surface area (Å²) >= 11 is 0. The molecule has 2 aliphatic rings. The normalized spacial score (nSPS) is 17.8. The zero-order valence-electron chi connectivity index (χ0n) is 17.3. The molecule has 0 spiro atoms. The van der Waals surface area contributed by atoms with Crippen LogP contribution in [-0.2, 0) is 27.5 Å². The summed E-state index contributed by atoms with van der Waals surface area (Å²) in [5.41, 5.74) is 1.94. The maximum Gasteiger partial charge on any atom is 0.397 e. The Bertz CT molecular complexity index is 807. The molecule has 0 bridgehead atoms. The van der Waals surface area contributed by atoms with Gasteiger partial charge in [-0.3, -0.25) is 19.3 Å². The lowest BCUT2D eigenvalue weighted by molar-refractivity contribution is -0.162. The van der Waals surface area contributed by atoms with Crippen molar-refractivity contribution in [2.45, 2.75) is 38.5 Å². The standard InChI is InChI=1S/C21H27F3N4O3/c22-21(23,24)12-20(31)27-10-8-26(9-11-27)15-18(29)25-13-16-4-1-2-5-17(16)14-28-7-3-6-19(28)30/h1-2,4-5H,3,6-15H2,(H,25,29). The van der Waals surface area contributed by atoms with Crippen LogP contribution in [-0.4, -0.2) is 77.9 Å². The Balaban J connectivity index is 1.43. The highest BCUT2D eigenvalue weighted by atomic mass is 19.4. The summed E-state index contributed by atoms with van der Waals surface area (Å²) in [4.78, 5) is 40.7. The lowest BCUT2D eigenvalue weighted by Gasteiger charge is -2.34. The van der Waals surface area contributed by atoms with Crippen molar-refractivity contribution >= 4 is 17.7 Å². The van der Waals surface area contributed by atoms with Crippen molar-refractivity contribution in [3.8, 4) is 0 Å². The molecule has 0 atom stereocenters. The van der Waals surface area contributed by atoms with E-state index in [0.717, 1.165) is 24.1 Å². The highest BCUT2D eigenvalue weighted by Gasteiger charge is 2.34. The summed E-state index contributed by atoms with van der Waals surface area (Å²) < 4.78 is 37.1. The minimum Gasteiger partial charge on any atom is -0.351 e. The zero-order chi connectivity index (χ0) is 22.4. The first-order valence-electron chi connectivity index (χ1n) is 10.4. The number of nitrogens with one attached hydrogen (secondary N) is 1. The molecular formula is C21H27F3N4O3. The van der Waals surface area contributed by atoms with E-state index in [-0.39, 0.29) is 31.4 Å². The second-order valence-electron chi connectivity index (χ2n) is 7.91. The van der Waals surface area contributed by atoms with E-state index in [1.54, 1.807) is 0 Å². The maximum atomic E-state index is 12.4. The van der Waals surface area contributed by atoms with Crippen LogP contribution in [0.1, 0.15) is 30.4 Å². The number of nitrogens with zero attached hydrogens (tertiary/aromatic N) is 3. The predicted molar refractivity (Wildman–Crippen MR) is 107 cm³/mol. The van der Waals surface area contributed by atoms with Gasteiger partial charge in [-0.05, 0) is 17.5 Å². The number of hydrogen-bond donors (Lipinski definition) is 1. The Kier molecular flexibility index (Phi) is 7.53. The van der Waals surface area contributed by atoms with Crippen LogP contribution in [0.5, 0.6) is 0 Å². The molecule has 2 heterocycles. The molecule has 1 aromatic carbocycles. The lowest BCUT2D eigenvalue weighted by atomic mass is 10.1. The van der Waals surface area contributed by atoms with Crippen LogP contribution in [0.3, 0.4) is 0 Å². The van der Waals surface area contributed by atoms with Crippen molar-refractivity contribution in [3.63, 3.8) is 0 Å². The summed E-state index contributed by atoms with van der Waals surface area (Å²) in [6, 6.07) is 7.65. The fraction of sp³-hybridized carbons (Fsp3) is 0.571. The van der Waals surface area contributed by atoms with Crippen molar-refractivity contribution in [2.24, 2.45) is 0 Å². The predicted octanol–water partition coefficient (Wildman–Crippen LogP) is 1.52. The quantitative estimate of drug-likeness (QED) is 0.698. The van der Waals surface area contributed by atoms with Gasteiger partial charge in [-0.1, -0.05) is 24.3 Å². The Morgan fingerprint density at radius 2 is 1.68 bits per heavy atom. The summed E-state index contributed by atoms with van der Waals surface area (Å²) in [5.74, 6) is -0.974. The zero-order valence-corrected chi connectivity index (χ0v) is 17.3. The van der Waals surface area contributed by atoms with Gasteiger partial charge in [-0.2, -0.15) is 13.2 Å². The molecule has 0 aromatic heterocycles. The largest absolute Gasteiger partial charge is 0.397 e. The molecular weight excluding hydrogens is 413 g/mol. The van der Waals surface area contributed by atoms with E-state index in [1.807, 2.05) is 34.1 Å². The Morgan fingerprint density at radius 3 is 2.29 bits per heavy atom. The molecule has 2 saturated heterocycles. The fourth-order valence-electron chi connectivity index (χ4n) is 3.85. The minimum atomic E-state index is -4.51. The van der Waals surface area contributed by atoms with Crippen LogP contribution in [0.2, 0.25) is 0 Å². The molecule has 2 aliphatic heterocycles. The van der Waals surface area contributed by atoms with Crippen LogP contribution in [0, 0.1) is 0 Å². The molecule has 3 rings (SSSR count). The summed E-state index contributed by atoms with van der Waals surface area (Å²) in [6.07, 6.45) is -4.51. The molecule has 170 valence electrons. The second-order valence-corrected chi connectivity index (χ2v) is 7.91. The molecule has 10 heteroatoms. The van der Waals surface area contributed by atoms with Gasteiger partial charge in [0, 0.05) is 52.2 Å². The van der Waals surface area contributed by atoms with E-state index in [1.165, 1.54) is 4.90 Å². The minimum absolute atomic E-state index is 0.119. The molecule has 0 radical (unpaired) electrons. The topological polar surface area (TPSA) is 73.0 Å². The van der Waals surface area contributed by atoms with Gasteiger partial charge in [-0.15, -0.1) is 0 Å². The van der Waals surface area contributed by atoms with Crippen LogP contribution >= 0.6 is 0 Å². The average Bonchev–Trinajstić information content (AvgIpc) is 3.11. The average molecular weight is 440 g/mol. The van der Waals surface area contributed by atoms with Crippen molar-refractivity contribution in [3.05, 3.63) is 35.4 Å².